The molecule has 0 fully saturated rings. The Balaban J connectivity index is 1.24. The second-order valence-electron chi connectivity index (χ2n) is 14.6. The second-order valence-corrected chi connectivity index (χ2v) is 14.6. The van der Waals surface area contributed by atoms with Crippen LogP contribution >= 0.6 is 0 Å². The molecule has 0 saturated carbocycles. The van der Waals surface area contributed by atoms with Crippen molar-refractivity contribution in [1.82, 2.24) is 29.9 Å². The van der Waals surface area contributed by atoms with Gasteiger partial charge in [0, 0.05) is 38.9 Å². The number of rotatable bonds is 9. The fraction of sp³-hybridized carbons (Fsp3) is 0. The van der Waals surface area contributed by atoms with Crippen LogP contribution in [0.25, 0.3) is 102 Å². The van der Waals surface area contributed by atoms with Crippen LogP contribution in [0, 0.1) is 11.3 Å². The van der Waals surface area contributed by atoms with Gasteiger partial charge in [0.1, 0.15) is 0 Å². The van der Waals surface area contributed by atoms with Crippen LogP contribution in [0.1, 0.15) is 5.56 Å². The van der Waals surface area contributed by atoms with E-state index in [1.165, 1.54) is 0 Å². The molecular formula is C55H35N7. The van der Waals surface area contributed by atoms with Gasteiger partial charge in [0.2, 0.25) is 0 Å². The lowest BCUT2D eigenvalue weighted by Gasteiger charge is -2.21. The van der Waals surface area contributed by atoms with E-state index >= 15 is 0 Å². The van der Waals surface area contributed by atoms with Crippen LogP contribution in [-0.2, 0) is 0 Å². The van der Waals surface area contributed by atoms with Crippen molar-refractivity contribution in [2.24, 2.45) is 0 Å². The van der Waals surface area contributed by atoms with Crippen molar-refractivity contribution >= 4 is 0 Å². The van der Waals surface area contributed by atoms with Crippen molar-refractivity contribution in [1.29, 1.82) is 5.26 Å². The van der Waals surface area contributed by atoms with E-state index < -0.39 is 0 Å². The van der Waals surface area contributed by atoms with E-state index in [2.05, 4.69) is 42.5 Å². The van der Waals surface area contributed by atoms with E-state index in [1.54, 1.807) is 0 Å². The average molecular weight is 794 g/mol. The van der Waals surface area contributed by atoms with E-state index in [-0.39, 0.29) is 0 Å². The lowest BCUT2D eigenvalue weighted by Crippen LogP contribution is -2.03. The third kappa shape index (κ3) is 7.41. The predicted octanol–water partition coefficient (Wildman–Crippen LogP) is 12.9. The van der Waals surface area contributed by atoms with Crippen molar-refractivity contribution in [2.75, 3.05) is 0 Å². The fourth-order valence-corrected chi connectivity index (χ4v) is 7.77. The molecule has 0 atom stereocenters. The van der Waals surface area contributed by atoms with Crippen molar-refractivity contribution < 1.29 is 0 Å². The van der Waals surface area contributed by atoms with Crippen molar-refractivity contribution in [3.8, 4) is 108 Å². The van der Waals surface area contributed by atoms with E-state index in [1.807, 2.05) is 176 Å². The number of nitriles is 1. The first-order valence-electron chi connectivity index (χ1n) is 20.3. The van der Waals surface area contributed by atoms with Crippen LogP contribution in [0.2, 0.25) is 0 Å². The van der Waals surface area contributed by atoms with Crippen molar-refractivity contribution in [3.63, 3.8) is 0 Å². The minimum Gasteiger partial charge on any atom is -0.208 e. The summed E-state index contributed by atoms with van der Waals surface area (Å²) in [6.45, 7) is 0. The summed E-state index contributed by atoms with van der Waals surface area (Å²) >= 11 is 0. The number of hydrogen-bond acceptors (Lipinski definition) is 7. The van der Waals surface area contributed by atoms with Crippen LogP contribution < -0.4 is 0 Å². The third-order valence-corrected chi connectivity index (χ3v) is 10.7. The molecule has 0 bridgehead atoms. The van der Waals surface area contributed by atoms with Crippen molar-refractivity contribution in [2.45, 2.75) is 0 Å². The topological polar surface area (TPSA) is 101 Å². The van der Waals surface area contributed by atoms with Crippen LogP contribution in [-0.4, -0.2) is 29.9 Å². The molecule has 0 spiro atoms. The predicted molar refractivity (Wildman–Crippen MR) is 247 cm³/mol. The molecule has 7 nitrogen and oxygen atoms in total. The SMILES string of the molecule is N#Cc1ccccc1-c1cccc(-c2ccccc2-c2nc(-c3ccccc3)nc(-c3ccccc3)n2)c1-c1ccccc1-c1nc(-c2ccccc2)nc(-c2ccccc2)n1. The van der Waals surface area contributed by atoms with E-state index in [0.29, 0.717) is 40.5 Å². The molecule has 0 aliphatic carbocycles. The highest BCUT2D eigenvalue weighted by atomic mass is 15.0. The van der Waals surface area contributed by atoms with Gasteiger partial charge in [0.25, 0.3) is 0 Å². The van der Waals surface area contributed by atoms with E-state index in [9.17, 15) is 5.26 Å². The molecule has 0 amide bonds. The van der Waals surface area contributed by atoms with Gasteiger partial charge in [-0.2, -0.15) is 5.26 Å². The molecule has 10 rings (SSSR count). The van der Waals surface area contributed by atoms with Crippen LogP contribution in [0.15, 0.2) is 212 Å². The summed E-state index contributed by atoms with van der Waals surface area (Å²) in [6, 6.07) is 72.8. The summed E-state index contributed by atoms with van der Waals surface area (Å²) in [6.07, 6.45) is 0. The highest BCUT2D eigenvalue weighted by Gasteiger charge is 2.24. The molecule has 7 heteroatoms. The number of hydrogen-bond donors (Lipinski definition) is 0. The number of benzene rings is 8. The van der Waals surface area contributed by atoms with Gasteiger partial charge in [-0.1, -0.05) is 206 Å². The zero-order chi connectivity index (χ0) is 41.7. The normalized spacial score (nSPS) is 10.9. The molecule has 0 unspecified atom stereocenters. The summed E-state index contributed by atoms with van der Waals surface area (Å²) < 4.78 is 0. The fourth-order valence-electron chi connectivity index (χ4n) is 7.77. The summed E-state index contributed by atoms with van der Waals surface area (Å²) in [5.74, 6) is 3.34. The minimum atomic E-state index is 0.522. The van der Waals surface area contributed by atoms with Crippen molar-refractivity contribution in [3.05, 3.63) is 218 Å². The van der Waals surface area contributed by atoms with Gasteiger partial charge in [-0.25, -0.2) is 29.9 Å². The Labute approximate surface area is 359 Å². The molecule has 0 aliphatic rings. The maximum absolute atomic E-state index is 10.5. The summed E-state index contributed by atoms with van der Waals surface area (Å²) in [5, 5.41) is 10.5. The first-order chi connectivity index (χ1) is 30.7. The largest absolute Gasteiger partial charge is 0.208 e. The van der Waals surface area contributed by atoms with Gasteiger partial charge in [-0.3, -0.25) is 0 Å². The lowest BCUT2D eigenvalue weighted by atomic mass is 9.83. The van der Waals surface area contributed by atoms with Gasteiger partial charge < -0.3 is 0 Å². The van der Waals surface area contributed by atoms with Gasteiger partial charge in [0.15, 0.2) is 34.9 Å². The van der Waals surface area contributed by atoms with E-state index in [0.717, 1.165) is 66.8 Å². The highest BCUT2D eigenvalue weighted by Crippen LogP contribution is 2.46. The molecular weight excluding hydrogens is 759 g/mol. The summed E-state index contributed by atoms with van der Waals surface area (Å²) in [5.41, 5.74) is 11.0. The Morgan fingerprint density at radius 1 is 0.242 bits per heavy atom. The molecule has 290 valence electrons. The zero-order valence-corrected chi connectivity index (χ0v) is 33.3. The molecule has 62 heavy (non-hydrogen) atoms. The molecule has 2 aromatic heterocycles. The van der Waals surface area contributed by atoms with Gasteiger partial charge in [0.05, 0.1) is 11.6 Å². The highest BCUT2D eigenvalue weighted by molar-refractivity contribution is 6.02. The van der Waals surface area contributed by atoms with Gasteiger partial charge in [-0.15, -0.1) is 0 Å². The summed E-state index contributed by atoms with van der Waals surface area (Å²) in [4.78, 5) is 30.6. The molecule has 8 aromatic carbocycles. The second kappa shape index (κ2) is 16.9. The number of aromatic nitrogens is 6. The molecule has 0 saturated heterocycles. The van der Waals surface area contributed by atoms with Gasteiger partial charge >= 0.3 is 0 Å². The third-order valence-electron chi connectivity index (χ3n) is 10.7. The molecule has 2 heterocycles. The average Bonchev–Trinajstić information content (AvgIpc) is 3.37. The van der Waals surface area contributed by atoms with E-state index in [4.69, 9.17) is 29.9 Å². The zero-order valence-electron chi connectivity index (χ0n) is 33.3. The molecule has 0 radical (unpaired) electrons. The Bertz CT molecular complexity index is 3120. The van der Waals surface area contributed by atoms with Gasteiger partial charge in [-0.05, 0) is 33.9 Å². The molecule has 10 aromatic rings. The monoisotopic (exact) mass is 793 g/mol. The first-order valence-corrected chi connectivity index (χ1v) is 20.3. The lowest BCUT2D eigenvalue weighted by molar-refractivity contribution is 1.07. The number of nitrogens with zero attached hydrogens (tertiary/aromatic N) is 7. The van der Waals surface area contributed by atoms with Crippen LogP contribution in [0.3, 0.4) is 0 Å². The Hall–Kier alpha value is -8.73. The smallest absolute Gasteiger partial charge is 0.164 e. The maximum Gasteiger partial charge on any atom is 0.164 e. The Kier molecular flexibility index (Phi) is 10.2. The molecule has 0 aliphatic heterocycles. The summed E-state index contributed by atoms with van der Waals surface area (Å²) in [7, 11) is 0. The quantitative estimate of drug-likeness (QED) is 0.143. The minimum absolute atomic E-state index is 0.522. The Morgan fingerprint density at radius 2 is 0.532 bits per heavy atom. The van der Waals surface area contributed by atoms with Crippen LogP contribution in [0.5, 0.6) is 0 Å². The Morgan fingerprint density at radius 3 is 0.952 bits per heavy atom. The van der Waals surface area contributed by atoms with Crippen LogP contribution in [0.4, 0.5) is 0 Å². The molecule has 0 N–H and O–H groups in total. The first kappa shape index (κ1) is 37.5. The standard InChI is InChI=1S/C55H35N7/c56-36-41-28-13-14-29-42(41)44-34-19-35-45(43-30-15-17-32-47(43)54-59-50(37-20-5-1-6-21-37)57-51(60-54)38-22-7-2-8-23-38)49(44)46-31-16-18-33-48(46)55-61-52(39-24-9-3-10-25-39)58-53(62-55)40-26-11-4-12-27-40/h1-35H. The maximum atomic E-state index is 10.5.